The molecule has 1 saturated heterocycles. The fraction of sp³-hybridized carbons (Fsp3) is 0.500. The molecule has 2 heterocycles. The van der Waals surface area contributed by atoms with Crippen LogP contribution < -0.4 is 5.32 Å². The van der Waals surface area contributed by atoms with E-state index in [-0.39, 0.29) is 6.04 Å². The predicted octanol–water partition coefficient (Wildman–Crippen LogP) is 2.26. The molecule has 0 bridgehead atoms. The highest BCUT2D eigenvalue weighted by atomic mass is 35.5. The number of rotatable bonds is 3. The number of carbonyl (C=O) groups is 1. The Bertz CT molecular complexity index is 481. The Morgan fingerprint density at radius 3 is 3.05 bits per heavy atom. The second-order valence-corrected chi connectivity index (χ2v) is 5.18. The molecule has 1 aliphatic heterocycles. The second-order valence-electron chi connectivity index (χ2n) is 4.79. The molecule has 19 heavy (non-hydrogen) atoms. The standard InChI is InChI=1S/C12H16ClN3O3/c1-12(2)16(11(17)18)8(7-19-12)6-14-10-5-3-4-9(13)15-10/h3-5,8H,6-7H2,1-2H3,(H,14,15)(H,17,18)/t8-/m0/s1. The van der Waals surface area contributed by atoms with Crippen molar-refractivity contribution in [1.29, 1.82) is 0 Å². The molecule has 1 aromatic rings. The molecule has 1 amide bonds. The van der Waals surface area contributed by atoms with E-state index in [1.165, 1.54) is 4.90 Å². The van der Waals surface area contributed by atoms with Crippen LogP contribution in [0.3, 0.4) is 0 Å². The number of hydrogen-bond donors (Lipinski definition) is 2. The number of halogens is 1. The molecular weight excluding hydrogens is 270 g/mol. The van der Waals surface area contributed by atoms with Gasteiger partial charge in [-0.15, -0.1) is 0 Å². The minimum Gasteiger partial charge on any atom is -0.465 e. The summed E-state index contributed by atoms with van der Waals surface area (Å²) in [5, 5.41) is 12.7. The molecule has 2 N–H and O–H groups in total. The van der Waals surface area contributed by atoms with Gasteiger partial charge in [-0.3, -0.25) is 4.90 Å². The zero-order valence-electron chi connectivity index (χ0n) is 10.8. The monoisotopic (exact) mass is 285 g/mol. The zero-order valence-corrected chi connectivity index (χ0v) is 11.5. The van der Waals surface area contributed by atoms with E-state index in [1.807, 2.05) is 0 Å². The lowest BCUT2D eigenvalue weighted by atomic mass is 10.2. The lowest BCUT2D eigenvalue weighted by Gasteiger charge is -2.31. The van der Waals surface area contributed by atoms with Gasteiger partial charge in [-0.05, 0) is 26.0 Å². The van der Waals surface area contributed by atoms with Gasteiger partial charge in [-0.2, -0.15) is 0 Å². The Morgan fingerprint density at radius 1 is 1.68 bits per heavy atom. The largest absolute Gasteiger partial charge is 0.465 e. The highest BCUT2D eigenvalue weighted by Gasteiger charge is 2.43. The number of pyridine rings is 1. The highest BCUT2D eigenvalue weighted by molar-refractivity contribution is 6.29. The van der Waals surface area contributed by atoms with Crippen LogP contribution in [0.15, 0.2) is 18.2 Å². The third-order valence-electron chi connectivity index (χ3n) is 3.01. The van der Waals surface area contributed by atoms with Gasteiger partial charge < -0.3 is 15.2 Å². The second kappa shape index (κ2) is 5.22. The fourth-order valence-electron chi connectivity index (χ4n) is 2.15. The highest BCUT2D eigenvalue weighted by Crippen LogP contribution is 2.27. The smallest absolute Gasteiger partial charge is 0.409 e. The van der Waals surface area contributed by atoms with Crippen LogP contribution in [0.4, 0.5) is 10.6 Å². The van der Waals surface area contributed by atoms with Crippen molar-refractivity contribution in [3.05, 3.63) is 23.4 Å². The molecule has 0 unspecified atom stereocenters. The fourth-order valence-corrected chi connectivity index (χ4v) is 2.31. The first kappa shape index (κ1) is 13.9. The van der Waals surface area contributed by atoms with Gasteiger partial charge in [0.25, 0.3) is 0 Å². The Morgan fingerprint density at radius 2 is 2.42 bits per heavy atom. The van der Waals surface area contributed by atoms with E-state index < -0.39 is 11.8 Å². The van der Waals surface area contributed by atoms with Gasteiger partial charge in [0.15, 0.2) is 0 Å². The molecule has 104 valence electrons. The summed E-state index contributed by atoms with van der Waals surface area (Å²) in [6.45, 7) is 4.24. The number of anilines is 1. The Balaban J connectivity index is 2.01. The zero-order chi connectivity index (χ0) is 14.0. The average Bonchev–Trinajstić information content (AvgIpc) is 2.62. The Kier molecular flexibility index (Phi) is 3.82. The molecule has 6 nitrogen and oxygen atoms in total. The molecule has 7 heteroatoms. The number of amides is 1. The average molecular weight is 286 g/mol. The van der Waals surface area contributed by atoms with Gasteiger partial charge >= 0.3 is 6.09 Å². The summed E-state index contributed by atoms with van der Waals surface area (Å²) >= 11 is 5.78. The van der Waals surface area contributed by atoms with Gasteiger partial charge in [-0.25, -0.2) is 9.78 Å². The summed E-state index contributed by atoms with van der Waals surface area (Å²) in [5.41, 5.74) is -0.806. The van der Waals surface area contributed by atoms with Gasteiger partial charge in [0.05, 0.1) is 12.6 Å². The van der Waals surface area contributed by atoms with Crippen LogP contribution >= 0.6 is 11.6 Å². The molecule has 0 radical (unpaired) electrons. The van der Waals surface area contributed by atoms with Gasteiger partial charge in [0.2, 0.25) is 0 Å². The molecule has 2 rings (SSSR count). The number of nitrogens with one attached hydrogen (secondary N) is 1. The van der Waals surface area contributed by atoms with Crippen LogP contribution in [0.2, 0.25) is 5.15 Å². The first-order chi connectivity index (χ1) is 8.90. The van der Waals surface area contributed by atoms with E-state index in [4.69, 9.17) is 16.3 Å². The Labute approximate surface area is 116 Å². The molecule has 1 fully saturated rings. The molecule has 0 aromatic carbocycles. The predicted molar refractivity (Wildman–Crippen MR) is 71.4 cm³/mol. The third-order valence-corrected chi connectivity index (χ3v) is 3.22. The topological polar surface area (TPSA) is 74.7 Å². The molecule has 0 saturated carbocycles. The van der Waals surface area contributed by atoms with Crippen molar-refractivity contribution in [1.82, 2.24) is 9.88 Å². The summed E-state index contributed by atoms with van der Waals surface area (Å²) in [4.78, 5) is 16.7. The lowest BCUT2D eigenvalue weighted by molar-refractivity contribution is -0.0416. The van der Waals surface area contributed by atoms with E-state index in [0.717, 1.165) is 0 Å². The Hall–Kier alpha value is -1.53. The van der Waals surface area contributed by atoms with Crippen LogP contribution in [0, 0.1) is 0 Å². The lowest BCUT2D eigenvalue weighted by Crippen LogP contribution is -2.49. The van der Waals surface area contributed by atoms with E-state index in [9.17, 15) is 9.90 Å². The van der Waals surface area contributed by atoms with Crippen molar-refractivity contribution in [3.8, 4) is 0 Å². The van der Waals surface area contributed by atoms with Crippen molar-refractivity contribution in [2.75, 3.05) is 18.5 Å². The van der Waals surface area contributed by atoms with E-state index >= 15 is 0 Å². The van der Waals surface area contributed by atoms with E-state index in [1.54, 1.807) is 32.0 Å². The summed E-state index contributed by atoms with van der Waals surface area (Å²) < 4.78 is 5.50. The quantitative estimate of drug-likeness (QED) is 0.833. The SMILES string of the molecule is CC1(C)OC[C@H](CNc2cccc(Cl)n2)N1C(=O)O. The molecule has 1 aliphatic rings. The summed E-state index contributed by atoms with van der Waals surface area (Å²) in [6, 6.07) is 4.98. The maximum absolute atomic E-state index is 11.3. The number of nitrogens with zero attached hydrogens (tertiary/aromatic N) is 2. The number of aromatic nitrogens is 1. The molecule has 1 atom stereocenters. The van der Waals surface area contributed by atoms with Crippen LogP contribution in [0.5, 0.6) is 0 Å². The molecule has 0 spiro atoms. The molecule has 0 aliphatic carbocycles. The van der Waals surface area contributed by atoms with Gasteiger partial charge in [0.1, 0.15) is 16.7 Å². The minimum absolute atomic E-state index is 0.256. The molecule has 1 aromatic heterocycles. The van der Waals surface area contributed by atoms with Crippen molar-refractivity contribution >= 4 is 23.5 Å². The van der Waals surface area contributed by atoms with Crippen LogP contribution in [0.1, 0.15) is 13.8 Å². The minimum atomic E-state index is -0.992. The van der Waals surface area contributed by atoms with Crippen LogP contribution in [0.25, 0.3) is 0 Å². The van der Waals surface area contributed by atoms with Gasteiger partial charge in [0, 0.05) is 6.54 Å². The van der Waals surface area contributed by atoms with Crippen molar-refractivity contribution in [3.63, 3.8) is 0 Å². The number of ether oxygens (including phenoxy) is 1. The van der Waals surface area contributed by atoms with Gasteiger partial charge in [-0.1, -0.05) is 17.7 Å². The van der Waals surface area contributed by atoms with Crippen molar-refractivity contribution in [2.45, 2.75) is 25.6 Å². The van der Waals surface area contributed by atoms with Crippen LogP contribution in [-0.4, -0.2) is 46.0 Å². The number of carboxylic acid groups (broad SMARTS) is 1. The van der Waals surface area contributed by atoms with Crippen LogP contribution in [-0.2, 0) is 4.74 Å². The van der Waals surface area contributed by atoms with E-state index in [2.05, 4.69) is 10.3 Å². The first-order valence-electron chi connectivity index (χ1n) is 5.93. The van der Waals surface area contributed by atoms with Crippen molar-refractivity contribution < 1.29 is 14.6 Å². The van der Waals surface area contributed by atoms with E-state index in [0.29, 0.717) is 24.1 Å². The molecular formula is C12H16ClN3O3. The first-order valence-corrected chi connectivity index (χ1v) is 6.30. The maximum atomic E-state index is 11.3. The van der Waals surface area contributed by atoms with Crippen molar-refractivity contribution in [2.24, 2.45) is 0 Å². The number of hydrogen-bond acceptors (Lipinski definition) is 4. The third kappa shape index (κ3) is 3.08. The normalized spacial score (nSPS) is 21.4. The summed E-state index contributed by atoms with van der Waals surface area (Å²) in [6.07, 6.45) is -0.992. The maximum Gasteiger partial charge on any atom is 0.409 e. The summed E-state index contributed by atoms with van der Waals surface area (Å²) in [7, 11) is 0. The summed E-state index contributed by atoms with van der Waals surface area (Å²) in [5.74, 6) is 0.613.